The van der Waals surface area contributed by atoms with Crippen molar-refractivity contribution in [2.45, 2.75) is 13.3 Å². The maximum Gasteiger partial charge on any atom is 0.333 e. The highest BCUT2D eigenvalue weighted by Crippen LogP contribution is 2.12. The van der Waals surface area contributed by atoms with E-state index in [-0.39, 0.29) is 5.91 Å². The fraction of sp³-hybridized carbons (Fsp3) is 0.125. The molecule has 3 aromatic carbocycles. The van der Waals surface area contributed by atoms with E-state index in [1.165, 1.54) is 6.07 Å². The molecule has 0 spiro atoms. The van der Waals surface area contributed by atoms with E-state index >= 15 is 0 Å². The van der Waals surface area contributed by atoms with Gasteiger partial charge in [-0.25, -0.2) is 9.36 Å². The van der Waals surface area contributed by atoms with Crippen molar-refractivity contribution in [3.8, 4) is 5.69 Å². The lowest BCUT2D eigenvalue weighted by molar-refractivity contribution is 0.0954. The molecule has 0 saturated heterocycles. The SMILES string of the molecule is Cc1ccc(-n2c(=O)[nH]c3cc(C(=O)NCCc4ccc(Cl)cc4)ccc3c2=O)cc1. The zero-order valence-electron chi connectivity index (χ0n) is 16.8. The number of rotatable bonds is 5. The second kappa shape index (κ2) is 8.62. The number of halogens is 1. The fourth-order valence-electron chi connectivity index (χ4n) is 3.36. The normalized spacial score (nSPS) is 10.9. The van der Waals surface area contributed by atoms with Gasteiger partial charge in [0, 0.05) is 17.1 Å². The topological polar surface area (TPSA) is 84.0 Å². The second-order valence-electron chi connectivity index (χ2n) is 7.30. The van der Waals surface area contributed by atoms with Crippen LogP contribution in [0.2, 0.25) is 5.02 Å². The first kappa shape index (κ1) is 20.6. The standard InChI is InChI=1S/C24H20ClN3O3/c1-15-2-9-19(10-3-15)28-23(30)20-11-6-17(14-21(20)27-24(28)31)22(29)26-13-12-16-4-7-18(25)8-5-16/h2-11,14H,12-13H2,1H3,(H,26,29)(H,27,31). The van der Waals surface area contributed by atoms with Gasteiger partial charge in [-0.15, -0.1) is 0 Å². The Labute approximate surface area is 183 Å². The van der Waals surface area contributed by atoms with Gasteiger partial charge in [0.25, 0.3) is 11.5 Å². The third-order valence-electron chi connectivity index (χ3n) is 5.06. The monoisotopic (exact) mass is 433 g/mol. The van der Waals surface area contributed by atoms with Crippen molar-refractivity contribution < 1.29 is 4.79 Å². The zero-order chi connectivity index (χ0) is 22.0. The number of benzene rings is 3. The van der Waals surface area contributed by atoms with Crippen molar-refractivity contribution in [2.75, 3.05) is 6.54 Å². The Balaban J connectivity index is 1.56. The number of nitrogens with zero attached hydrogens (tertiary/aromatic N) is 1. The van der Waals surface area contributed by atoms with Crippen molar-refractivity contribution in [1.29, 1.82) is 0 Å². The largest absolute Gasteiger partial charge is 0.352 e. The zero-order valence-corrected chi connectivity index (χ0v) is 17.6. The van der Waals surface area contributed by atoms with Crippen molar-refractivity contribution >= 4 is 28.4 Å². The van der Waals surface area contributed by atoms with Gasteiger partial charge >= 0.3 is 5.69 Å². The number of hydrogen-bond acceptors (Lipinski definition) is 3. The first-order chi connectivity index (χ1) is 14.9. The van der Waals surface area contributed by atoms with Gasteiger partial charge in [0.15, 0.2) is 0 Å². The van der Waals surface area contributed by atoms with Crippen LogP contribution in [0.3, 0.4) is 0 Å². The van der Waals surface area contributed by atoms with Crippen molar-refractivity contribution in [3.05, 3.63) is 109 Å². The maximum absolute atomic E-state index is 12.9. The van der Waals surface area contributed by atoms with E-state index in [1.54, 1.807) is 24.3 Å². The average molecular weight is 434 g/mol. The molecule has 0 unspecified atom stereocenters. The molecular weight excluding hydrogens is 414 g/mol. The first-order valence-corrected chi connectivity index (χ1v) is 10.2. The number of hydrogen-bond donors (Lipinski definition) is 2. The second-order valence-corrected chi connectivity index (χ2v) is 7.74. The predicted octanol–water partition coefficient (Wildman–Crippen LogP) is 3.61. The minimum Gasteiger partial charge on any atom is -0.352 e. The lowest BCUT2D eigenvalue weighted by Crippen LogP contribution is -2.33. The Morgan fingerprint density at radius 3 is 2.42 bits per heavy atom. The number of fused-ring (bicyclic) bond motifs is 1. The Hall–Kier alpha value is -3.64. The van der Waals surface area contributed by atoms with Gasteiger partial charge in [-0.3, -0.25) is 9.59 Å². The minimum atomic E-state index is -0.554. The van der Waals surface area contributed by atoms with Crippen LogP contribution in [0.5, 0.6) is 0 Å². The van der Waals surface area contributed by atoms with E-state index in [9.17, 15) is 14.4 Å². The van der Waals surface area contributed by atoms with Crippen LogP contribution < -0.4 is 16.6 Å². The third-order valence-corrected chi connectivity index (χ3v) is 5.32. The van der Waals surface area contributed by atoms with E-state index in [0.717, 1.165) is 15.7 Å². The molecule has 4 aromatic rings. The van der Waals surface area contributed by atoms with E-state index in [1.807, 2.05) is 43.3 Å². The molecule has 1 amide bonds. The molecule has 0 fully saturated rings. The van der Waals surface area contributed by atoms with Gasteiger partial charge in [-0.2, -0.15) is 0 Å². The summed E-state index contributed by atoms with van der Waals surface area (Å²) in [5, 5.41) is 3.85. The van der Waals surface area contributed by atoms with Crippen LogP contribution in [-0.2, 0) is 6.42 Å². The molecule has 6 nitrogen and oxygen atoms in total. The molecule has 0 radical (unpaired) electrons. The van der Waals surface area contributed by atoms with Crippen molar-refractivity contribution in [2.24, 2.45) is 0 Å². The van der Waals surface area contributed by atoms with E-state index in [2.05, 4.69) is 10.3 Å². The first-order valence-electron chi connectivity index (χ1n) is 9.81. The van der Waals surface area contributed by atoms with Gasteiger partial charge in [-0.05, 0) is 61.4 Å². The van der Waals surface area contributed by atoms with Crippen LogP contribution >= 0.6 is 11.6 Å². The van der Waals surface area contributed by atoms with Crippen LogP contribution in [0.4, 0.5) is 0 Å². The molecule has 0 aliphatic rings. The highest BCUT2D eigenvalue weighted by molar-refractivity contribution is 6.30. The maximum atomic E-state index is 12.9. The van der Waals surface area contributed by atoms with E-state index in [0.29, 0.717) is 40.1 Å². The van der Waals surface area contributed by atoms with Crippen molar-refractivity contribution in [3.63, 3.8) is 0 Å². The summed E-state index contributed by atoms with van der Waals surface area (Å²) in [6.07, 6.45) is 0.661. The molecule has 0 bridgehead atoms. The van der Waals surface area contributed by atoms with Gasteiger partial charge in [0.2, 0.25) is 0 Å². The van der Waals surface area contributed by atoms with Crippen LogP contribution in [0.25, 0.3) is 16.6 Å². The average Bonchev–Trinajstić information content (AvgIpc) is 2.76. The summed E-state index contributed by atoms with van der Waals surface area (Å²) in [6.45, 7) is 2.38. The minimum absolute atomic E-state index is 0.278. The van der Waals surface area contributed by atoms with Gasteiger partial charge in [0.1, 0.15) is 0 Å². The molecule has 2 N–H and O–H groups in total. The number of aromatic amines is 1. The number of amides is 1. The smallest absolute Gasteiger partial charge is 0.333 e. The predicted molar refractivity (Wildman–Crippen MR) is 122 cm³/mol. The molecule has 0 aliphatic carbocycles. The number of aryl methyl sites for hydroxylation is 1. The Kier molecular flexibility index (Phi) is 5.73. The Bertz CT molecular complexity index is 1370. The number of carbonyl (C=O) groups excluding carboxylic acids is 1. The van der Waals surface area contributed by atoms with Gasteiger partial charge in [0.05, 0.1) is 16.6 Å². The molecule has 0 atom stereocenters. The summed E-state index contributed by atoms with van der Waals surface area (Å²) in [5.41, 5.74) is 2.28. The Morgan fingerprint density at radius 1 is 1.00 bits per heavy atom. The summed E-state index contributed by atoms with van der Waals surface area (Å²) in [7, 11) is 0. The number of H-pyrrole nitrogens is 1. The lowest BCUT2D eigenvalue weighted by atomic mass is 10.1. The molecule has 4 rings (SSSR count). The summed E-state index contributed by atoms with van der Waals surface area (Å²) in [6, 6.07) is 19.2. The lowest BCUT2D eigenvalue weighted by Gasteiger charge is -2.09. The molecule has 31 heavy (non-hydrogen) atoms. The molecule has 1 aromatic heterocycles. The number of nitrogens with one attached hydrogen (secondary N) is 2. The molecule has 1 heterocycles. The molecule has 0 saturated carbocycles. The summed E-state index contributed by atoms with van der Waals surface area (Å²) in [4.78, 5) is 40.7. The van der Waals surface area contributed by atoms with Crippen LogP contribution in [0.15, 0.2) is 76.3 Å². The molecule has 7 heteroatoms. The molecule has 156 valence electrons. The van der Waals surface area contributed by atoms with E-state index < -0.39 is 11.2 Å². The van der Waals surface area contributed by atoms with Gasteiger partial charge in [-0.1, -0.05) is 41.4 Å². The molecule has 0 aliphatic heterocycles. The van der Waals surface area contributed by atoms with Gasteiger partial charge < -0.3 is 10.3 Å². The molecular formula is C24H20ClN3O3. The Morgan fingerprint density at radius 2 is 1.71 bits per heavy atom. The highest BCUT2D eigenvalue weighted by Gasteiger charge is 2.12. The highest BCUT2D eigenvalue weighted by atomic mass is 35.5. The van der Waals surface area contributed by atoms with Crippen molar-refractivity contribution in [1.82, 2.24) is 14.9 Å². The summed E-state index contributed by atoms with van der Waals surface area (Å²) < 4.78 is 1.09. The summed E-state index contributed by atoms with van der Waals surface area (Å²) >= 11 is 5.88. The van der Waals surface area contributed by atoms with Crippen LogP contribution in [-0.4, -0.2) is 22.0 Å². The van der Waals surface area contributed by atoms with Crippen LogP contribution in [0.1, 0.15) is 21.5 Å². The number of aromatic nitrogens is 2. The third kappa shape index (κ3) is 4.44. The quantitative estimate of drug-likeness (QED) is 0.504. The summed E-state index contributed by atoms with van der Waals surface area (Å²) in [5.74, 6) is -0.278. The van der Waals surface area contributed by atoms with Crippen LogP contribution in [0, 0.1) is 6.92 Å². The fourth-order valence-corrected chi connectivity index (χ4v) is 3.49. The number of carbonyl (C=O) groups is 1. The van der Waals surface area contributed by atoms with E-state index in [4.69, 9.17) is 11.6 Å².